The molecule has 0 aromatic carbocycles. The Labute approximate surface area is 182 Å². The average Bonchev–Trinajstić information content (AvgIpc) is 3.06. The first-order valence-corrected chi connectivity index (χ1v) is 12.3. The quantitative estimate of drug-likeness (QED) is 0.604. The number of hydrogen-bond acceptors (Lipinski definition) is 5. The third-order valence-electron chi connectivity index (χ3n) is 10.6. The van der Waals surface area contributed by atoms with Crippen molar-refractivity contribution in [2.45, 2.75) is 96.8 Å². The van der Waals surface area contributed by atoms with Crippen molar-refractivity contribution in [1.29, 1.82) is 0 Å². The molecule has 4 rings (SSSR count). The van der Waals surface area contributed by atoms with E-state index < -0.39 is 0 Å². The topological polar surface area (TPSA) is 92.8 Å². The molecule has 30 heavy (non-hydrogen) atoms. The monoisotopic (exact) mass is 421 g/mol. The number of nitrogens with two attached hydrogens (primary N) is 1. The van der Waals surface area contributed by atoms with Crippen LogP contribution in [0.5, 0.6) is 0 Å². The molecule has 4 fully saturated rings. The zero-order valence-corrected chi connectivity index (χ0v) is 19.3. The van der Waals surface area contributed by atoms with E-state index in [0.717, 1.165) is 51.4 Å². The molecule has 4 aliphatic carbocycles. The van der Waals surface area contributed by atoms with E-state index in [4.69, 9.17) is 10.5 Å². The number of aliphatic hydroxyl groups excluding tert-OH is 2. The lowest BCUT2D eigenvalue weighted by atomic mass is 9.43. The summed E-state index contributed by atoms with van der Waals surface area (Å²) < 4.78 is 4.84. The fourth-order valence-electron chi connectivity index (χ4n) is 8.84. The fourth-order valence-corrected chi connectivity index (χ4v) is 8.84. The van der Waals surface area contributed by atoms with Crippen LogP contribution in [0.15, 0.2) is 0 Å². The summed E-state index contributed by atoms with van der Waals surface area (Å²) in [4.78, 5) is 11.7. The van der Waals surface area contributed by atoms with Gasteiger partial charge < -0.3 is 20.7 Å². The SMILES string of the molecule is COC(=O)CCC(C)[C@H]1CCC2C3C(O)C[C@@H]4C[C@@H](N)CC[C@]4(C)C3C[C@H](O)[C@@]21C. The summed E-state index contributed by atoms with van der Waals surface area (Å²) in [5, 5.41) is 22.9. The fraction of sp³-hybridized carbons (Fsp3) is 0.960. The van der Waals surface area contributed by atoms with Crippen LogP contribution in [0.2, 0.25) is 0 Å². The molecule has 0 bridgehead atoms. The lowest BCUT2D eigenvalue weighted by Gasteiger charge is -2.63. The van der Waals surface area contributed by atoms with Gasteiger partial charge in [0.25, 0.3) is 0 Å². The predicted molar refractivity (Wildman–Crippen MR) is 116 cm³/mol. The van der Waals surface area contributed by atoms with Crippen molar-refractivity contribution in [1.82, 2.24) is 0 Å². The first kappa shape index (κ1) is 22.5. The smallest absolute Gasteiger partial charge is 0.305 e. The van der Waals surface area contributed by atoms with Gasteiger partial charge in [-0.25, -0.2) is 0 Å². The average molecular weight is 422 g/mol. The maximum absolute atomic E-state index is 11.7. The van der Waals surface area contributed by atoms with E-state index in [9.17, 15) is 15.0 Å². The summed E-state index contributed by atoms with van der Waals surface area (Å²) in [6, 6.07) is 0.261. The number of esters is 1. The molecule has 4 N–H and O–H groups in total. The molecule has 0 aromatic heterocycles. The molecule has 0 saturated heterocycles. The second kappa shape index (κ2) is 8.04. The van der Waals surface area contributed by atoms with Crippen LogP contribution in [-0.4, -0.2) is 41.5 Å². The van der Waals surface area contributed by atoms with Gasteiger partial charge in [-0.05, 0) is 97.7 Å². The summed E-state index contributed by atoms with van der Waals surface area (Å²) in [6.45, 7) is 6.94. The first-order chi connectivity index (χ1) is 14.1. The highest BCUT2D eigenvalue weighted by atomic mass is 16.5. The van der Waals surface area contributed by atoms with Gasteiger partial charge >= 0.3 is 5.97 Å². The molecule has 0 amide bonds. The van der Waals surface area contributed by atoms with Crippen LogP contribution < -0.4 is 5.73 Å². The van der Waals surface area contributed by atoms with E-state index >= 15 is 0 Å². The molecule has 0 aromatic rings. The van der Waals surface area contributed by atoms with Crippen LogP contribution in [0.4, 0.5) is 0 Å². The number of carbonyl (C=O) groups is 1. The van der Waals surface area contributed by atoms with E-state index in [2.05, 4.69) is 20.8 Å². The molecule has 5 nitrogen and oxygen atoms in total. The minimum atomic E-state index is -0.338. The normalized spacial score (nSPS) is 51.4. The van der Waals surface area contributed by atoms with Gasteiger partial charge in [0.05, 0.1) is 19.3 Å². The van der Waals surface area contributed by atoms with Gasteiger partial charge in [-0.15, -0.1) is 0 Å². The Hall–Kier alpha value is -0.650. The van der Waals surface area contributed by atoms with Crippen molar-refractivity contribution in [3.63, 3.8) is 0 Å². The molecule has 0 heterocycles. The Balaban J connectivity index is 1.58. The number of rotatable bonds is 4. The molecule has 5 unspecified atom stereocenters. The minimum absolute atomic E-state index is 0.150. The maximum Gasteiger partial charge on any atom is 0.305 e. The molecular weight excluding hydrogens is 378 g/mol. The summed E-state index contributed by atoms with van der Waals surface area (Å²) in [7, 11) is 1.45. The summed E-state index contributed by atoms with van der Waals surface area (Å²) >= 11 is 0. The summed E-state index contributed by atoms with van der Waals surface area (Å²) in [5.41, 5.74) is 6.31. The molecule has 4 saturated carbocycles. The Morgan fingerprint density at radius 3 is 2.57 bits per heavy atom. The van der Waals surface area contributed by atoms with Gasteiger partial charge in [0.2, 0.25) is 0 Å². The Kier molecular flexibility index (Phi) is 6.04. The van der Waals surface area contributed by atoms with E-state index in [-0.39, 0.29) is 41.0 Å². The largest absolute Gasteiger partial charge is 0.469 e. The number of hydrogen-bond donors (Lipinski definition) is 3. The van der Waals surface area contributed by atoms with Crippen LogP contribution >= 0.6 is 0 Å². The molecule has 5 heteroatoms. The van der Waals surface area contributed by atoms with Crippen molar-refractivity contribution in [3.05, 3.63) is 0 Å². The van der Waals surface area contributed by atoms with Crippen LogP contribution in [0, 0.1) is 46.3 Å². The zero-order valence-electron chi connectivity index (χ0n) is 19.3. The van der Waals surface area contributed by atoms with Crippen molar-refractivity contribution >= 4 is 5.97 Å². The Bertz CT molecular complexity index is 655. The molecule has 4 aliphatic rings. The lowest BCUT2D eigenvalue weighted by Crippen LogP contribution is -2.62. The highest BCUT2D eigenvalue weighted by Gasteiger charge is 2.65. The van der Waals surface area contributed by atoms with Crippen LogP contribution in [0.25, 0.3) is 0 Å². The van der Waals surface area contributed by atoms with Crippen molar-refractivity contribution in [3.8, 4) is 0 Å². The van der Waals surface area contributed by atoms with E-state index in [1.54, 1.807) is 0 Å². The molecule has 172 valence electrons. The van der Waals surface area contributed by atoms with Gasteiger partial charge in [0.1, 0.15) is 0 Å². The van der Waals surface area contributed by atoms with Gasteiger partial charge in [-0.2, -0.15) is 0 Å². The lowest BCUT2D eigenvalue weighted by molar-refractivity contribution is -0.202. The second-order valence-corrected chi connectivity index (χ2v) is 11.7. The standard InChI is InChI=1S/C25H43NO4/c1-14(5-8-22(29)30-4)17-6-7-18-23-19(13-21(28)25(17,18)3)24(2)10-9-16(26)11-15(24)12-20(23)27/h14-21,23,27-28H,5-13,26H2,1-4H3/t14?,15-,16-,17+,18?,19?,20?,21-,23?,24-,25+/m0/s1. The molecule has 0 aliphatic heterocycles. The maximum atomic E-state index is 11.7. The van der Waals surface area contributed by atoms with Gasteiger partial charge in [0, 0.05) is 12.5 Å². The first-order valence-electron chi connectivity index (χ1n) is 12.3. The van der Waals surface area contributed by atoms with E-state index in [1.807, 2.05) is 0 Å². The summed E-state index contributed by atoms with van der Waals surface area (Å²) in [6.07, 6.45) is 7.69. The number of aliphatic hydroxyl groups is 2. The van der Waals surface area contributed by atoms with Gasteiger partial charge in [-0.3, -0.25) is 4.79 Å². The zero-order chi connectivity index (χ0) is 21.8. The Morgan fingerprint density at radius 2 is 1.87 bits per heavy atom. The Morgan fingerprint density at radius 1 is 1.13 bits per heavy atom. The second-order valence-electron chi connectivity index (χ2n) is 11.7. The minimum Gasteiger partial charge on any atom is -0.469 e. The number of fused-ring (bicyclic) bond motifs is 5. The summed E-state index contributed by atoms with van der Waals surface area (Å²) in [5.74, 6) is 2.11. The highest BCUT2D eigenvalue weighted by Crippen LogP contribution is 2.68. The van der Waals surface area contributed by atoms with Gasteiger partial charge in [0.15, 0.2) is 0 Å². The van der Waals surface area contributed by atoms with Crippen LogP contribution in [0.3, 0.4) is 0 Å². The van der Waals surface area contributed by atoms with E-state index in [0.29, 0.717) is 36.0 Å². The number of methoxy groups -OCH3 is 1. The van der Waals surface area contributed by atoms with Crippen LogP contribution in [-0.2, 0) is 9.53 Å². The molecule has 0 radical (unpaired) electrons. The van der Waals surface area contributed by atoms with Crippen molar-refractivity contribution < 1.29 is 19.7 Å². The number of ether oxygens (including phenoxy) is 1. The third-order valence-corrected chi connectivity index (χ3v) is 10.6. The van der Waals surface area contributed by atoms with Crippen molar-refractivity contribution in [2.24, 2.45) is 52.1 Å². The third kappa shape index (κ3) is 3.34. The van der Waals surface area contributed by atoms with Crippen molar-refractivity contribution in [2.75, 3.05) is 7.11 Å². The van der Waals surface area contributed by atoms with E-state index in [1.165, 1.54) is 7.11 Å². The van der Waals surface area contributed by atoms with Gasteiger partial charge in [-0.1, -0.05) is 20.8 Å². The van der Waals surface area contributed by atoms with Crippen LogP contribution in [0.1, 0.15) is 78.6 Å². The molecular formula is C25H43NO4. The molecule has 0 spiro atoms. The highest BCUT2D eigenvalue weighted by molar-refractivity contribution is 5.69. The molecule has 11 atom stereocenters. The predicted octanol–water partition coefficient (Wildman–Crippen LogP) is 3.50. The number of carbonyl (C=O) groups excluding carboxylic acids is 1.